The highest BCUT2D eigenvalue weighted by Gasteiger charge is 2.28. The van der Waals surface area contributed by atoms with E-state index in [0.717, 1.165) is 17.5 Å². The average molecular weight is 236 g/mol. The van der Waals surface area contributed by atoms with Gasteiger partial charge in [0.05, 0.1) is 12.2 Å². The second kappa shape index (κ2) is 4.57. The van der Waals surface area contributed by atoms with Crippen molar-refractivity contribution in [2.45, 2.75) is 45.8 Å². The molecule has 0 spiro atoms. The van der Waals surface area contributed by atoms with Gasteiger partial charge >= 0.3 is 0 Å². The van der Waals surface area contributed by atoms with E-state index in [1.54, 1.807) is 0 Å². The molecule has 1 aliphatic rings. The average Bonchev–Trinajstić information content (AvgIpc) is 2.23. The lowest BCUT2D eigenvalue weighted by molar-refractivity contribution is -0.0260. The Labute approximate surface area is 102 Å². The maximum Gasteiger partial charge on any atom is 0.161 e. The van der Waals surface area contributed by atoms with Crippen molar-refractivity contribution in [3.63, 3.8) is 0 Å². The molecule has 3 heteroatoms. The van der Waals surface area contributed by atoms with Gasteiger partial charge in [0, 0.05) is 12.0 Å². The molecule has 0 aliphatic carbocycles. The van der Waals surface area contributed by atoms with Gasteiger partial charge in [0.25, 0.3) is 0 Å². The first kappa shape index (κ1) is 12.2. The van der Waals surface area contributed by atoms with Crippen LogP contribution >= 0.6 is 0 Å². The van der Waals surface area contributed by atoms with E-state index in [1.165, 1.54) is 6.07 Å². The van der Waals surface area contributed by atoms with Crippen LogP contribution in [-0.4, -0.2) is 16.3 Å². The summed E-state index contributed by atoms with van der Waals surface area (Å²) in [6, 6.07) is 3.36. The van der Waals surface area contributed by atoms with Crippen molar-refractivity contribution in [1.29, 1.82) is 0 Å². The van der Waals surface area contributed by atoms with Gasteiger partial charge in [-0.15, -0.1) is 0 Å². The predicted octanol–water partition coefficient (Wildman–Crippen LogP) is 3.15. The molecule has 1 aromatic rings. The van der Waals surface area contributed by atoms with Crippen molar-refractivity contribution < 1.29 is 14.9 Å². The molecular weight excluding hydrogens is 216 g/mol. The molecule has 3 nitrogen and oxygen atoms in total. The number of benzene rings is 1. The van der Waals surface area contributed by atoms with Gasteiger partial charge < -0.3 is 14.9 Å². The minimum atomic E-state index is -0.0406. The van der Waals surface area contributed by atoms with E-state index < -0.39 is 0 Å². The Balaban J connectivity index is 2.31. The highest BCUT2D eigenvalue weighted by atomic mass is 16.5. The number of phenols is 2. The van der Waals surface area contributed by atoms with E-state index in [1.807, 2.05) is 13.0 Å². The summed E-state index contributed by atoms with van der Waals surface area (Å²) in [4.78, 5) is 0. The third-order valence-electron chi connectivity index (χ3n) is 3.30. The fourth-order valence-electron chi connectivity index (χ4n) is 2.54. The van der Waals surface area contributed by atoms with Gasteiger partial charge in [0.2, 0.25) is 0 Å². The summed E-state index contributed by atoms with van der Waals surface area (Å²) in [5.74, 6) is 0.542. The van der Waals surface area contributed by atoms with Crippen LogP contribution < -0.4 is 0 Å². The minimum absolute atomic E-state index is 0.0194. The number of rotatable bonds is 2. The van der Waals surface area contributed by atoms with Gasteiger partial charge in [0.1, 0.15) is 0 Å². The Morgan fingerprint density at radius 2 is 2.06 bits per heavy atom. The van der Waals surface area contributed by atoms with E-state index in [2.05, 4.69) is 13.8 Å². The van der Waals surface area contributed by atoms with Crippen LogP contribution in [0, 0.1) is 5.92 Å². The lowest BCUT2D eigenvalue weighted by Gasteiger charge is -2.31. The summed E-state index contributed by atoms with van der Waals surface area (Å²) < 4.78 is 5.93. The quantitative estimate of drug-likeness (QED) is 0.775. The fourth-order valence-corrected chi connectivity index (χ4v) is 2.54. The van der Waals surface area contributed by atoms with E-state index in [9.17, 15) is 10.2 Å². The Bertz CT molecular complexity index is 412. The van der Waals surface area contributed by atoms with Crippen molar-refractivity contribution in [3.8, 4) is 11.5 Å². The maximum atomic E-state index is 9.91. The molecule has 0 saturated heterocycles. The first-order chi connectivity index (χ1) is 7.99. The number of phenolic OH excluding ortho intramolecular Hbond substituents is 2. The van der Waals surface area contributed by atoms with Gasteiger partial charge in [-0.1, -0.05) is 19.9 Å². The molecule has 0 fully saturated rings. The third-order valence-corrected chi connectivity index (χ3v) is 3.30. The summed E-state index contributed by atoms with van der Waals surface area (Å²) in [6.07, 6.45) is 1.76. The number of fused-ring (bicyclic) bond motifs is 1. The second-order valence-corrected chi connectivity index (χ2v) is 5.24. The van der Waals surface area contributed by atoms with Crippen LogP contribution in [0.15, 0.2) is 12.1 Å². The number of ether oxygens (including phenoxy) is 1. The molecule has 2 atom stereocenters. The van der Waals surface area contributed by atoms with Crippen molar-refractivity contribution in [2.75, 3.05) is 0 Å². The van der Waals surface area contributed by atoms with E-state index in [0.29, 0.717) is 12.3 Å². The summed E-state index contributed by atoms with van der Waals surface area (Å²) >= 11 is 0. The first-order valence-corrected chi connectivity index (χ1v) is 6.18. The lowest BCUT2D eigenvalue weighted by Crippen LogP contribution is -2.26. The highest BCUT2D eigenvalue weighted by Crippen LogP contribution is 2.40. The summed E-state index contributed by atoms with van der Waals surface area (Å²) in [7, 11) is 0. The van der Waals surface area contributed by atoms with E-state index in [-0.39, 0.29) is 23.7 Å². The minimum Gasteiger partial charge on any atom is -0.504 e. The standard InChI is InChI=1S/C14H20O3/c1-8(2)6-10-7-12-11(9(3)17-10)4-5-13(15)14(12)16/h4-5,8-10,15-16H,6-7H2,1-3H3/t9-,10?/m0/s1. The number of aromatic hydroxyl groups is 2. The molecule has 1 unspecified atom stereocenters. The van der Waals surface area contributed by atoms with Crippen molar-refractivity contribution in [3.05, 3.63) is 23.3 Å². The van der Waals surface area contributed by atoms with Gasteiger partial charge in [-0.2, -0.15) is 0 Å². The molecule has 17 heavy (non-hydrogen) atoms. The number of hydrogen-bond donors (Lipinski definition) is 2. The van der Waals surface area contributed by atoms with Crippen molar-refractivity contribution >= 4 is 0 Å². The Morgan fingerprint density at radius 3 is 2.71 bits per heavy atom. The molecule has 1 heterocycles. The molecule has 0 aromatic heterocycles. The highest BCUT2D eigenvalue weighted by molar-refractivity contribution is 5.50. The topological polar surface area (TPSA) is 49.7 Å². The predicted molar refractivity (Wildman–Crippen MR) is 66.2 cm³/mol. The maximum absolute atomic E-state index is 9.91. The summed E-state index contributed by atoms with van der Waals surface area (Å²) in [5.41, 5.74) is 1.83. The Hall–Kier alpha value is -1.22. The molecule has 1 aromatic carbocycles. The van der Waals surface area contributed by atoms with Gasteiger partial charge in [-0.25, -0.2) is 0 Å². The monoisotopic (exact) mass is 236 g/mol. The molecule has 1 aliphatic heterocycles. The summed E-state index contributed by atoms with van der Waals surface area (Å²) in [5, 5.41) is 19.4. The van der Waals surface area contributed by atoms with Crippen LogP contribution in [0.25, 0.3) is 0 Å². The molecule has 2 rings (SSSR count). The zero-order valence-electron chi connectivity index (χ0n) is 10.6. The van der Waals surface area contributed by atoms with Crippen molar-refractivity contribution in [1.82, 2.24) is 0 Å². The van der Waals surface area contributed by atoms with Crippen LogP contribution in [0.3, 0.4) is 0 Å². The smallest absolute Gasteiger partial charge is 0.161 e. The fraction of sp³-hybridized carbons (Fsp3) is 0.571. The van der Waals surface area contributed by atoms with E-state index >= 15 is 0 Å². The second-order valence-electron chi connectivity index (χ2n) is 5.24. The SMILES string of the molecule is CC(C)CC1Cc2c(ccc(O)c2O)[C@H](C)O1. The lowest BCUT2D eigenvalue weighted by atomic mass is 9.90. The molecule has 0 bridgehead atoms. The zero-order valence-corrected chi connectivity index (χ0v) is 10.6. The first-order valence-electron chi connectivity index (χ1n) is 6.18. The van der Waals surface area contributed by atoms with Crippen LogP contribution in [-0.2, 0) is 11.2 Å². The zero-order chi connectivity index (χ0) is 12.6. The normalized spacial score (nSPS) is 23.8. The largest absolute Gasteiger partial charge is 0.504 e. The Kier molecular flexibility index (Phi) is 3.29. The molecule has 2 N–H and O–H groups in total. The molecule has 94 valence electrons. The molecule has 0 radical (unpaired) electrons. The van der Waals surface area contributed by atoms with Crippen LogP contribution in [0.5, 0.6) is 11.5 Å². The molecule has 0 saturated carbocycles. The Morgan fingerprint density at radius 1 is 1.35 bits per heavy atom. The van der Waals surface area contributed by atoms with Crippen LogP contribution in [0.2, 0.25) is 0 Å². The van der Waals surface area contributed by atoms with E-state index in [4.69, 9.17) is 4.74 Å². The number of hydrogen-bond acceptors (Lipinski definition) is 3. The molecule has 0 amide bonds. The molecular formula is C14H20O3. The van der Waals surface area contributed by atoms with Gasteiger partial charge in [-0.3, -0.25) is 0 Å². The van der Waals surface area contributed by atoms with Gasteiger partial charge in [-0.05, 0) is 30.9 Å². The summed E-state index contributed by atoms with van der Waals surface area (Å²) in [6.45, 7) is 6.31. The van der Waals surface area contributed by atoms with Gasteiger partial charge in [0.15, 0.2) is 11.5 Å². The third kappa shape index (κ3) is 2.39. The van der Waals surface area contributed by atoms with Crippen LogP contribution in [0.1, 0.15) is 44.4 Å². The van der Waals surface area contributed by atoms with Crippen molar-refractivity contribution in [2.24, 2.45) is 5.92 Å². The van der Waals surface area contributed by atoms with Crippen LogP contribution in [0.4, 0.5) is 0 Å².